The highest BCUT2D eigenvalue weighted by molar-refractivity contribution is 6.36. The molecule has 1 atom stereocenters. The molecule has 0 aliphatic carbocycles. The van der Waals surface area contributed by atoms with E-state index in [1.165, 1.54) is 6.21 Å². The number of carbonyl (C=O) groups is 2. The lowest BCUT2D eigenvalue weighted by molar-refractivity contribution is -0.150. The number of ketones is 1. The van der Waals surface area contributed by atoms with E-state index in [4.69, 9.17) is 5.11 Å². The molecule has 1 N–H and O–H groups in total. The normalized spacial score (nSPS) is 23.0. The van der Waals surface area contributed by atoms with E-state index in [1.54, 1.807) is 0 Å². The predicted molar refractivity (Wildman–Crippen MR) is 34.1 cm³/mol. The van der Waals surface area contributed by atoms with Gasteiger partial charge in [-0.2, -0.15) is 0 Å². The second kappa shape index (κ2) is 2.60. The van der Waals surface area contributed by atoms with Crippen molar-refractivity contribution < 1.29 is 14.7 Å². The van der Waals surface area contributed by atoms with Crippen LogP contribution in [0.4, 0.5) is 0 Å². The summed E-state index contributed by atoms with van der Waals surface area (Å²) in [6.45, 7) is 0.573. The molecule has 1 unspecified atom stereocenters. The highest BCUT2D eigenvalue weighted by Crippen LogP contribution is 2.08. The summed E-state index contributed by atoms with van der Waals surface area (Å²) in [4.78, 5) is 24.5. The van der Waals surface area contributed by atoms with Crippen LogP contribution >= 0.6 is 0 Å². The van der Waals surface area contributed by atoms with Gasteiger partial charge in [-0.05, 0) is 6.42 Å². The van der Waals surface area contributed by atoms with Crippen molar-refractivity contribution in [2.75, 3.05) is 6.54 Å². The van der Waals surface area contributed by atoms with Gasteiger partial charge in [0.05, 0.1) is 5.92 Å². The number of aliphatic imine (C=N–C) groups is 1. The molecule has 0 spiro atoms. The minimum Gasteiger partial charge on any atom is -0.475 e. The fourth-order valence-electron chi connectivity index (χ4n) is 0.847. The van der Waals surface area contributed by atoms with Gasteiger partial charge in [-0.25, -0.2) is 4.79 Å². The number of carbonyl (C=O) groups excluding carboxylic acids is 1. The zero-order valence-electron chi connectivity index (χ0n) is 5.28. The van der Waals surface area contributed by atoms with Gasteiger partial charge >= 0.3 is 5.97 Å². The second-order valence-corrected chi connectivity index (χ2v) is 2.12. The quantitative estimate of drug-likeness (QED) is 0.538. The van der Waals surface area contributed by atoms with E-state index < -0.39 is 17.7 Å². The van der Waals surface area contributed by atoms with Crippen molar-refractivity contribution in [3.05, 3.63) is 0 Å². The van der Waals surface area contributed by atoms with Crippen molar-refractivity contribution >= 4 is 18.0 Å². The SMILES string of the molecule is O=C(O)C(=O)C1C=NCC1. The summed E-state index contributed by atoms with van der Waals surface area (Å²) in [5, 5.41) is 8.23. The van der Waals surface area contributed by atoms with Crippen LogP contribution in [0.15, 0.2) is 4.99 Å². The summed E-state index contributed by atoms with van der Waals surface area (Å²) in [5.74, 6) is -2.59. The maximum Gasteiger partial charge on any atom is 0.372 e. The van der Waals surface area contributed by atoms with Crippen molar-refractivity contribution in [1.82, 2.24) is 0 Å². The Morgan fingerprint density at radius 2 is 2.30 bits per heavy atom. The molecular formula is C6H7NO3. The molecule has 0 saturated carbocycles. The van der Waals surface area contributed by atoms with E-state index >= 15 is 0 Å². The number of Topliss-reactive ketones (excluding diaryl/α,β-unsaturated/α-hetero) is 1. The van der Waals surface area contributed by atoms with Gasteiger partial charge in [0, 0.05) is 12.8 Å². The van der Waals surface area contributed by atoms with Crippen LogP contribution in [0.25, 0.3) is 0 Å². The maximum atomic E-state index is 10.7. The first kappa shape index (κ1) is 6.92. The van der Waals surface area contributed by atoms with E-state index in [0.717, 1.165) is 0 Å². The number of aliphatic carboxylic acids is 1. The number of rotatable bonds is 2. The summed E-state index contributed by atoms with van der Waals surface area (Å²) >= 11 is 0. The second-order valence-electron chi connectivity index (χ2n) is 2.12. The summed E-state index contributed by atoms with van der Waals surface area (Å²) in [6, 6.07) is 0. The number of carboxylic acid groups (broad SMARTS) is 1. The fourth-order valence-corrected chi connectivity index (χ4v) is 0.847. The minimum atomic E-state index is -1.36. The van der Waals surface area contributed by atoms with Crippen LogP contribution in [0, 0.1) is 5.92 Å². The molecule has 0 aromatic carbocycles. The lowest BCUT2D eigenvalue weighted by Crippen LogP contribution is -2.22. The van der Waals surface area contributed by atoms with E-state index in [2.05, 4.69) is 4.99 Å². The van der Waals surface area contributed by atoms with Gasteiger partial charge < -0.3 is 5.11 Å². The van der Waals surface area contributed by atoms with E-state index in [1.807, 2.05) is 0 Å². The molecule has 0 amide bonds. The first-order valence-electron chi connectivity index (χ1n) is 2.99. The highest BCUT2D eigenvalue weighted by atomic mass is 16.4. The summed E-state index contributed by atoms with van der Waals surface area (Å²) in [5.41, 5.74) is 0. The fraction of sp³-hybridized carbons (Fsp3) is 0.500. The molecule has 1 aliphatic heterocycles. The first-order valence-corrected chi connectivity index (χ1v) is 2.99. The van der Waals surface area contributed by atoms with Crippen LogP contribution in [-0.4, -0.2) is 29.6 Å². The van der Waals surface area contributed by atoms with Gasteiger partial charge in [-0.15, -0.1) is 0 Å². The van der Waals surface area contributed by atoms with Gasteiger partial charge in [0.25, 0.3) is 0 Å². The largest absolute Gasteiger partial charge is 0.475 e. The van der Waals surface area contributed by atoms with Gasteiger partial charge in [-0.3, -0.25) is 9.79 Å². The number of nitrogens with zero attached hydrogens (tertiary/aromatic N) is 1. The zero-order valence-corrected chi connectivity index (χ0v) is 5.28. The van der Waals surface area contributed by atoms with Gasteiger partial charge in [0.1, 0.15) is 0 Å². The zero-order chi connectivity index (χ0) is 7.56. The molecule has 4 nitrogen and oxygen atoms in total. The van der Waals surface area contributed by atoms with Crippen molar-refractivity contribution in [1.29, 1.82) is 0 Å². The maximum absolute atomic E-state index is 10.7. The van der Waals surface area contributed by atoms with Crippen molar-refractivity contribution in [3.63, 3.8) is 0 Å². The molecule has 0 fully saturated rings. The lowest BCUT2D eigenvalue weighted by Gasteiger charge is -1.97. The van der Waals surface area contributed by atoms with Crippen molar-refractivity contribution in [3.8, 4) is 0 Å². The van der Waals surface area contributed by atoms with Gasteiger partial charge in [0.15, 0.2) is 0 Å². The predicted octanol–water partition coefficient (Wildman–Crippen LogP) is -0.269. The molecule has 0 aromatic rings. The topological polar surface area (TPSA) is 66.7 Å². The Balaban J connectivity index is 2.57. The summed E-state index contributed by atoms with van der Waals surface area (Å²) in [6.07, 6.45) is 1.96. The average Bonchev–Trinajstić information content (AvgIpc) is 2.36. The Kier molecular flexibility index (Phi) is 1.80. The molecule has 10 heavy (non-hydrogen) atoms. The van der Waals surface area contributed by atoms with Crippen LogP contribution < -0.4 is 0 Å². The molecule has 1 rings (SSSR count). The highest BCUT2D eigenvalue weighted by Gasteiger charge is 2.24. The molecule has 0 saturated heterocycles. The average molecular weight is 141 g/mol. The van der Waals surface area contributed by atoms with E-state index in [-0.39, 0.29) is 0 Å². The van der Waals surface area contributed by atoms with Crippen molar-refractivity contribution in [2.24, 2.45) is 10.9 Å². The van der Waals surface area contributed by atoms with Crippen LogP contribution in [-0.2, 0) is 9.59 Å². The number of carboxylic acids is 1. The summed E-state index contributed by atoms with van der Waals surface area (Å²) < 4.78 is 0. The molecule has 0 aromatic heterocycles. The third kappa shape index (κ3) is 1.21. The molecular weight excluding hydrogens is 134 g/mol. The Morgan fingerprint density at radius 3 is 2.70 bits per heavy atom. The summed E-state index contributed by atoms with van der Waals surface area (Å²) in [7, 11) is 0. The van der Waals surface area contributed by atoms with Crippen LogP contribution in [0.2, 0.25) is 0 Å². The first-order chi connectivity index (χ1) is 4.72. The monoisotopic (exact) mass is 141 g/mol. The van der Waals surface area contributed by atoms with E-state index in [0.29, 0.717) is 13.0 Å². The van der Waals surface area contributed by atoms with Crippen LogP contribution in [0.3, 0.4) is 0 Å². The van der Waals surface area contributed by atoms with Gasteiger partial charge in [-0.1, -0.05) is 0 Å². The molecule has 4 heteroatoms. The Morgan fingerprint density at radius 1 is 1.60 bits per heavy atom. The molecule has 0 bridgehead atoms. The number of hydrogen-bond acceptors (Lipinski definition) is 3. The van der Waals surface area contributed by atoms with E-state index in [9.17, 15) is 9.59 Å². The van der Waals surface area contributed by atoms with Crippen molar-refractivity contribution in [2.45, 2.75) is 6.42 Å². The van der Waals surface area contributed by atoms with Crippen LogP contribution in [0.5, 0.6) is 0 Å². The smallest absolute Gasteiger partial charge is 0.372 e. The molecule has 1 aliphatic rings. The molecule has 54 valence electrons. The third-order valence-corrected chi connectivity index (χ3v) is 1.40. The van der Waals surface area contributed by atoms with Gasteiger partial charge in [0.2, 0.25) is 5.78 Å². The molecule has 1 heterocycles. The van der Waals surface area contributed by atoms with Crippen LogP contribution in [0.1, 0.15) is 6.42 Å². The Bertz CT molecular complexity index is 197. The Hall–Kier alpha value is -1.19. The standard InChI is InChI=1S/C6H7NO3/c8-5(6(9)10)4-1-2-7-3-4/h3-4H,1-2H2,(H,9,10). The Labute approximate surface area is 57.6 Å². The third-order valence-electron chi connectivity index (χ3n) is 1.40. The minimum absolute atomic E-state index is 0.475. The lowest BCUT2D eigenvalue weighted by atomic mass is 10.0. The molecule has 0 radical (unpaired) electrons. The number of hydrogen-bond donors (Lipinski definition) is 1.